The fourth-order valence-electron chi connectivity index (χ4n) is 0.101. The summed E-state index contributed by atoms with van der Waals surface area (Å²) in [6.07, 6.45) is 0.282. The van der Waals surface area contributed by atoms with Crippen LogP contribution < -0.4 is 0 Å². The Morgan fingerprint density at radius 1 is 1.14 bits per heavy atom. The zero-order valence-corrected chi connectivity index (χ0v) is 6.74. The van der Waals surface area contributed by atoms with Gasteiger partial charge in [0.1, 0.15) is 0 Å². The van der Waals surface area contributed by atoms with Crippen molar-refractivity contribution in [1.29, 1.82) is 0 Å². The van der Waals surface area contributed by atoms with Gasteiger partial charge >= 0.3 is 22.2 Å². The molecule has 0 saturated heterocycles. The second kappa shape index (κ2) is 5.60. The Hall–Kier alpha value is -1.09. The first kappa shape index (κ1) is 15.4. The number of alkyl halides is 6. The van der Waals surface area contributed by atoms with Crippen molar-refractivity contribution in [3.63, 3.8) is 0 Å². The molecule has 0 saturated carbocycles. The summed E-state index contributed by atoms with van der Waals surface area (Å²) in [7, 11) is -5.65. The molecular formula is C3HF6NO3S. The summed E-state index contributed by atoms with van der Waals surface area (Å²) in [6, 6.07) is 0. The van der Waals surface area contributed by atoms with Crippen LogP contribution in [0.15, 0.2) is 4.40 Å². The van der Waals surface area contributed by atoms with Gasteiger partial charge in [0.15, 0.2) is 0 Å². The molecule has 0 aromatic heterocycles. The highest BCUT2D eigenvalue weighted by Gasteiger charge is 2.46. The van der Waals surface area contributed by atoms with Crippen LogP contribution >= 0.6 is 0 Å². The van der Waals surface area contributed by atoms with Crippen LogP contribution in [0.3, 0.4) is 0 Å². The summed E-state index contributed by atoms with van der Waals surface area (Å²) in [5.41, 5.74) is -5.51. The third-order valence-corrected chi connectivity index (χ3v) is 1.35. The molecule has 14 heavy (non-hydrogen) atoms. The average molecular weight is 245 g/mol. The lowest BCUT2D eigenvalue weighted by Gasteiger charge is -1.98. The second-order valence-electron chi connectivity index (χ2n) is 1.35. The van der Waals surface area contributed by atoms with E-state index in [1.165, 1.54) is 0 Å². The van der Waals surface area contributed by atoms with E-state index in [-0.39, 0.29) is 6.08 Å². The molecule has 4 nitrogen and oxygen atoms in total. The van der Waals surface area contributed by atoms with E-state index in [1.54, 1.807) is 4.40 Å². The Morgan fingerprint density at radius 2 is 1.43 bits per heavy atom. The molecule has 0 rings (SSSR count). The molecule has 0 aromatic carbocycles. The second-order valence-corrected chi connectivity index (χ2v) is 2.95. The van der Waals surface area contributed by atoms with E-state index in [0.29, 0.717) is 0 Å². The Labute approximate surface area is 73.3 Å². The lowest BCUT2D eigenvalue weighted by atomic mass is 11.6. The molecule has 0 unspecified atom stereocenters. The fourth-order valence-corrected chi connectivity index (χ4v) is 0.302. The Morgan fingerprint density at radius 3 is 1.50 bits per heavy atom. The molecule has 0 aliphatic carbocycles. The number of sulfonamides is 1. The number of isocyanates is 1. The van der Waals surface area contributed by atoms with Gasteiger partial charge in [-0.05, 0) is 0 Å². The largest absolute Gasteiger partial charge is 0.519 e. The van der Waals surface area contributed by atoms with Crippen molar-refractivity contribution in [3.8, 4) is 0 Å². The third-order valence-electron chi connectivity index (χ3n) is 0.450. The maximum absolute atomic E-state index is 11.2. The van der Waals surface area contributed by atoms with Gasteiger partial charge in [-0.1, -0.05) is 4.40 Å². The number of nitrogens with zero attached hydrogens (tertiary/aromatic N) is 1. The number of hydrogen-bond acceptors (Lipinski definition) is 3. The summed E-state index contributed by atoms with van der Waals surface area (Å²) in [6.45, 7) is -3.67. The molecule has 0 aliphatic rings. The van der Waals surface area contributed by atoms with Crippen molar-refractivity contribution in [1.82, 2.24) is 0 Å². The third kappa shape index (κ3) is 7.55. The van der Waals surface area contributed by atoms with Crippen LogP contribution in [0.2, 0.25) is 0 Å². The SMILES string of the molecule is FC(F)F.O=C=NS(=O)(=O)C(F)(F)F. The van der Waals surface area contributed by atoms with E-state index in [0.717, 1.165) is 0 Å². The lowest BCUT2D eigenvalue weighted by molar-refractivity contribution is -0.0435. The minimum absolute atomic E-state index is 0.282. The van der Waals surface area contributed by atoms with Gasteiger partial charge in [0, 0.05) is 0 Å². The summed E-state index contributed by atoms with van der Waals surface area (Å²) in [4.78, 5) is 9.10. The van der Waals surface area contributed by atoms with Gasteiger partial charge in [-0.3, -0.25) is 0 Å². The van der Waals surface area contributed by atoms with Crippen molar-refractivity contribution >= 4 is 16.1 Å². The van der Waals surface area contributed by atoms with E-state index in [4.69, 9.17) is 4.79 Å². The first-order valence-corrected chi connectivity index (χ1v) is 3.81. The maximum atomic E-state index is 11.2. The molecule has 84 valence electrons. The molecule has 0 amide bonds. The lowest BCUT2D eigenvalue weighted by Crippen LogP contribution is -2.20. The molecule has 0 aliphatic heterocycles. The number of rotatable bonds is 1. The van der Waals surface area contributed by atoms with E-state index in [1.807, 2.05) is 0 Å². The van der Waals surface area contributed by atoms with Crippen LogP contribution in [0.5, 0.6) is 0 Å². The van der Waals surface area contributed by atoms with Crippen molar-refractivity contribution in [2.45, 2.75) is 12.2 Å². The van der Waals surface area contributed by atoms with Crippen LogP contribution in [0.4, 0.5) is 26.3 Å². The maximum Gasteiger partial charge on any atom is 0.519 e. The van der Waals surface area contributed by atoms with Crippen molar-refractivity contribution in [2.75, 3.05) is 0 Å². The summed E-state index contributed by atoms with van der Waals surface area (Å²) in [5, 5.41) is 0. The van der Waals surface area contributed by atoms with E-state index >= 15 is 0 Å². The average Bonchev–Trinajstić information content (AvgIpc) is 1.82. The van der Waals surface area contributed by atoms with Gasteiger partial charge in [0.25, 0.3) is 6.08 Å². The summed E-state index contributed by atoms with van der Waals surface area (Å²) >= 11 is 0. The van der Waals surface area contributed by atoms with Crippen molar-refractivity contribution in [2.24, 2.45) is 4.40 Å². The summed E-state index contributed by atoms with van der Waals surface area (Å²) < 4.78 is 83.4. The van der Waals surface area contributed by atoms with Crippen LogP contribution in [0.25, 0.3) is 0 Å². The minimum Gasteiger partial charge on any atom is -0.210 e. The molecule has 0 atom stereocenters. The predicted octanol–water partition coefficient (Wildman–Crippen LogP) is 1.35. The molecular weight excluding hydrogens is 244 g/mol. The smallest absolute Gasteiger partial charge is 0.210 e. The number of hydrogen-bond donors (Lipinski definition) is 0. The highest BCUT2D eigenvalue weighted by molar-refractivity contribution is 7.91. The van der Waals surface area contributed by atoms with E-state index in [2.05, 4.69) is 0 Å². The van der Waals surface area contributed by atoms with Crippen LogP contribution in [0.1, 0.15) is 0 Å². The normalized spacial score (nSPS) is 11.4. The highest BCUT2D eigenvalue weighted by Crippen LogP contribution is 2.23. The van der Waals surface area contributed by atoms with E-state index < -0.39 is 22.2 Å². The van der Waals surface area contributed by atoms with Gasteiger partial charge in [-0.2, -0.15) is 34.8 Å². The quantitative estimate of drug-likeness (QED) is 0.398. The van der Waals surface area contributed by atoms with Crippen LogP contribution in [-0.2, 0) is 14.8 Å². The molecule has 0 radical (unpaired) electrons. The van der Waals surface area contributed by atoms with Crippen LogP contribution in [0, 0.1) is 0 Å². The van der Waals surface area contributed by atoms with Gasteiger partial charge in [-0.25, -0.2) is 4.79 Å². The first-order chi connectivity index (χ1) is 6.04. The van der Waals surface area contributed by atoms with Gasteiger partial charge in [-0.15, -0.1) is 0 Å². The van der Waals surface area contributed by atoms with Gasteiger partial charge < -0.3 is 0 Å². The molecule has 0 N–H and O–H groups in total. The number of carbonyl (C=O) groups excluding carboxylic acids is 1. The van der Waals surface area contributed by atoms with Gasteiger partial charge in [0.2, 0.25) is 0 Å². The van der Waals surface area contributed by atoms with Crippen molar-refractivity contribution < 1.29 is 39.6 Å². The first-order valence-electron chi connectivity index (χ1n) is 2.37. The predicted molar refractivity (Wildman–Crippen MR) is 30.2 cm³/mol. The molecule has 0 aromatic rings. The Bertz CT molecular complexity index is 298. The molecule has 0 heterocycles. The van der Waals surface area contributed by atoms with Crippen LogP contribution in [-0.4, -0.2) is 26.7 Å². The number of halogens is 6. The standard InChI is InChI=1S/C2F3NO3S.CHF3/c3-2(4,5)10(8,9)6-1-7;2-1(3)4/h;1H. The van der Waals surface area contributed by atoms with Gasteiger partial charge in [0.05, 0.1) is 0 Å². The molecule has 0 spiro atoms. The Kier molecular flexibility index (Phi) is 6.15. The van der Waals surface area contributed by atoms with Crippen molar-refractivity contribution in [3.05, 3.63) is 0 Å². The minimum atomic E-state index is -5.65. The highest BCUT2D eigenvalue weighted by atomic mass is 32.2. The molecule has 0 bridgehead atoms. The summed E-state index contributed by atoms with van der Waals surface area (Å²) in [5.74, 6) is 0. The zero-order chi connectivity index (χ0) is 12.0. The molecule has 0 fully saturated rings. The fraction of sp³-hybridized carbons (Fsp3) is 0.667. The topological polar surface area (TPSA) is 63.6 Å². The molecule has 11 heteroatoms. The monoisotopic (exact) mass is 245 g/mol. The Balaban J connectivity index is 0. The zero-order valence-electron chi connectivity index (χ0n) is 5.93. The van der Waals surface area contributed by atoms with E-state index in [9.17, 15) is 34.8 Å².